The fourth-order valence-electron chi connectivity index (χ4n) is 2.72. The van der Waals surface area contributed by atoms with Crippen LogP contribution in [0, 0.1) is 0 Å². The zero-order chi connectivity index (χ0) is 17.9. The lowest BCUT2D eigenvalue weighted by Crippen LogP contribution is -2.01. The summed E-state index contributed by atoms with van der Waals surface area (Å²) in [4.78, 5) is 8.75. The number of para-hydroxylation sites is 2. The van der Waals surface area contributed by atoms with E-state index in [4.69, 9.17) is 16.3 Å². The molecular formula is C19H16ClN5O. The molecule has 4 aromatic rings. The molecule has 0 saturated carbocycles. The highest BCUT2D eigenvalue weighted by atomic mass is 35.5. The lowest BCUT2D eigenvalue weighted by Gasteiger charge is -2.12. The standard InChI is InChI=1S/C19H16ClN5O/c1-2-26-17-9-4-3-8-16(17)24-18-15-11-23-25(19(15)22-12-21-18)14-7-5-6-13(20)10-14/h3-12H,2H2,1H3,(H,21,22,24). The molecule has 0 radical (unpaired) electrons. The molecule has 0 bridgehead atoms. The van der Waals surface area contributed by atoms with Crippen LogP contribution >= 0.6 is 11.6 Å². The van der Waals surface area contributed by atoms with Gasteiger partial charge in [0.15, 0.2) is 5.65 Å². The van der Waals surface area contributed by atoms with Gasteiger partial charge < -0.3 is 10.1 Å². The summed E-state index contributed by atoms with van der Waals surface area (Å²) in [5.74, 6) is 1.43. The van der Waals surface area contributed by atoms with E-state index in [1.54, 1.807) is 10.9 Å². The molecule has 2 heterocycles. The molecule has 2 aromatic carbocycles. The summed E-state index contributed by atoms with van der Waals surface area (Å²) in [5, 5.41) is 9.22. The maximum Gasteiger partial charge on any atom is 0.168 e. The summed E-state index contributed by atoms with van der Waals surface area (Å²) < 4.78 is 7.41. The molecular weight excluding hydrogens is 350 g/mol. The Balaban J connectivity index is 1.76. The highest BCUT2D eigenvalue weighted by molar-refractivity contribution is 6.30. The summed E-state index contributed by atoms with van der Waals surface area (Å²) >= 11 is 6.10. The largest absolute Gasteiger partial charge is 0.492 e. The van der Waals surface area contributed by atoms with Crippen molar-refractivity contribution in [3.05, 3.63) is 66.1 Å². The van der Waals surface area contributed by atoms with Gasteiger partial charge in [-0.1, -0.05) is 29.8 Å². The van der Waals surface area contributed by atoms with Gasteiger partial charge in [-0.3, -0.25) is 0 Å². The van der Waals surface area contributed by atoms with Crippen LogP contribution in [-0.2, 0) is 0 Å². The number of ether oxygens (including phenoxy) is 1. The Labute approximate surface area is 155 Å². The zero-order valence-corrected chi connectivity index (χ0v) is 14.8. The van der Waals surface area contributed by atoms with E-state index < -0.39 is 0 Å². The van der Waals surface area contributed by atoms with Crippen molar-refractivity contribution < 1.29 is 4.74 Å². The Morgan fingerprint density at radius 2 is 2.00 bits per heavy atom. The molecule has 0 aliphatic heterocycles. The maximum absolute atomic E-state index is 6.10. The predicted molar refractivity (Wildman–Crippen MR) is 103 cm³/mol. The summed E-state index contributed by atoms with van der Waals surface area (Å²) in [6.45, 7) is 2.54. The number of halogens is 1. The highest BCUT2D eigenvalue weighted by Crippen LogP contribution is 2.30. The van der Waals surface area contributed by atoms with Crippen molar-refractivity contribution in [2.24, 2.45) is 0 Å². The Bertz CT molecular complexity index is 1060. The number of nitrogens with one attached hydrogen (secondary N) is 1. The van der Waals surface area contributed by atoms with Crippen molar-refractivity contribution in [2.75, 3.05) is 11.9 Å². The van der Waals surface area contributed by atoms with Crippen molar-refractivity contribution in [1.82, 2.24) is 19.7 Å². The number of nitrogens with zero attached hydrogens (tertiary/aromatic N) is 4. The molecule has 6 nitrogen and oxygen atoms in total. The molecule has 0 aliphatic carbocycles. The maximum atomic E-state index is 6.10. The number of hydrogen-bond donors (Lipinski definition) is 1. The van der Waals surface area contributed by atoms with Gasteiger partial charge in [-0.05, 0) is 37.3 Å². The van der Waals surface area contributed by atoms with Gasteiger partial charge in [-0.15, -0.1) is 0 Å². The Morgan fingerprint density at radius 1 is 1.12 bits per heavy atom. The molecule has 130 valence electrons. The van der Waals surface area contributed by atoms with Crippen molar-refractivity contribution in [3.8, 4) is 11.4 Å². The molecule has 0 amide bonds. The minimum atomic E-state index is 0.588. The van der Waals surface area contributed by atoms with E-state index >= 15 is 0 Å². The summed E-state index contributed by atoms with van der Waals surface area (Å²) in [6.07, 6.45) is 3.25. The normalized spacial score (nSPS) is 10.8. The molecule has 26 heavy (non-hydrogen) atoms. The topological polar surface area (TPSA) is 64.9 Å². The van der Waals surface area contributed by atoms with Crippen LogP contribution in [0.25, 0.3) is 16.7 Å². The first-order chi connectivity index (χ1) is 12.8. The molecule has 0 aliphatic rings. The van der Waals surface area contributed by atoms with Gasteiger partial charge in [-0.2, -0.15) is 5.10 Å². The lowest BCUT2D eigenvalue weighted by molar-refractivity contribution is 0.342. The molecule has 4 rings (SSSR count). The fraction of sp³-hybridized carbons (Fsp3) is 0.105. The quantitative estimate of drug-likeness (QED) is 0.559. The van der Waals surface area contributed by atoms with E-state index in [-0.39, 0.29) is 0 Å². The van der Waals surface area contributed by atoms with Crippen LogP contribution in [0.5, 0.6) is 5.75 Å². The van der Waals surface area contributed by atoms with Gasteiger partial charge in [-0.25, -0.2) is 14.6 Å². The van der Waals surface area contributed by atoms with Crippen LogP contribution in [0.1, 0.15) is 6.92 Å². The van der Waals surface area contributed by atoms with Gasteiger partial charge >= 0.3 is 0 Å². The summed E-state index contributed by atoms with van der Waals surface area (Å²) in [5.41, 5.74) is 2.37. The van der Waals surface area contributed by atoms with Crippen molar-refractivity contribution in [1.29, 1.82) is 0 Å². The number of aromatic nitrogens is 4. The van der Waals surface area contributed by atoms with Crippen molar-refractivity contribution in [2.45, 2.75) is 6.92 Å². The van der Waals surface area contributed by atoms with Crippen LogP contribution < -0.4 is 10.1 Å². The second-order valence-corrected chi connectivity index (χ2v) is 5.99. The van der Waals surface area contributed by atoms with E-state index in [2.05, 4.69) is 20.4 Å². The van der Waals surface area contributed by atoms with Crippen molar-refractivity contribution >= 4 is 34.1 Å². The molecule has 0 fully saturated rings. The van der Waals surface area contributed by atoms with Crippen LogP contribution in [0.3, 0.4) is 0 Å². The lowest BCUT2D eigenvalue weighted by atomic mass is 10.2. The second kappa shape index (κ2) is 7.01. The van der Waals surface area contributed by atoms with Gasteiger partial charge in [0.25, 0.3) is 0 Å². The molecule has 7 heteroatoms. The number of hydrogen-bond acceptors (Lipinski definition) is 5. The summed E-state index contributed by atoms with van der Waals surface area (Å²) in [6, 6.07) is 15.2. The van der Waals surface area contributed by atoms with Gasteiger partial charge in [0, 0.05) is 5.02 Å². The third-order valence-corrected chi connectivity index (χ3v) is 4.09. The predicted octanol–water partition coefficient (Wildman–Crippen LogP) is 4.61. The first-order valence-electron chi connectivity index (χ1n) is 8.20. The van der Waals surface area contributed by atoms with Gasteiger partial charge in [0.05, 0.1) is 29.6 Å². The molecule has 0 spiro atoms. The molecule has 2 aromatic heterocycles. The Hall–Kier alpha value is -3.12. The van der Waals surface area contributed by atoms with Crippen LogP contribution in [0.4, 0.5) is 11.5 Å². The molecule has 0 atom stereocenters. The zero-order valence-electron chi connectivity index (χ0n) is 14.1. The Kier molecular flexibility index (Phi) is 4.41. The smallest absolute Gasteiger partial charge is 0.168 e. The molecule has 1 N–H and O–H groups in total. The van der Waals surface area contributed by atoms with E-state index in [0.29, 0.717) is 23.1 Å². The highest BCUT2D eigenvalue weighted by Gasteiger charge is 2.13. The average Bonchev–Trinajstić information content (AvgIpc) is 3.09. The van der Waals surface area contributed by atoms with Crippen LogP contribution in [0.15, 0.2) is 61.1 Å². The third kappa shape index (κ3) is 3.07. The fourth-order valence-corrected chi connectivity index (χ4v) is 2.90. The van der Waals surface area contributed by atoms with Gasteiger partial charge in [0.1, 0.15) is 17.9 Å². The first-order valence-corrected chi connectivity index (χ1v) is 8.57. The second-order valence-electron chi connectivity index (χ2n) is 5.55. The molecule has 0 unspecified atom stereocenters. The van der Waals surface area contributed by atoms with E-state index in [9.17, 15) is 0 Å². The number of benzene rings is 2. The van der Waals surface area contributed by atoms with Crippen molar-refractivity contribution in [3.63, 3.8) is 0 Å². The monoisotopic (exact) mass is 365 g/mol. The number of anilines is 2. The third-order valence-electron chi connectivity index (χ3n) is 3.86. The summed E-state index contributed by atoms with van der Waals surface area (Å²) in [7, 11) is 0. The average molecular weight is 366 g/mol. The number of rotatable bonds is 5. The van der Waals surface area contributed by atoms with E-state index in [1.165, 1.54) is 6.33 Å². The van der Waals surface area contributed by atoms with E-state index in [0.717, 1.165) is 22.5 Å². The minimum absolute atomic E-state index is 0.588. The Morgan fingerprint density at radius 3 is 2.85 bits per heavy atom. The SMILES string of the molecule is CCOc1ccccc1Nc1ncnc2c1cnn2-c1cccc(Cl)c1. The van der Waals surface area contributed by atoms with Crippen LogP contribution in [0.2, 0.25) is 5.02 Å². The van der Waals surface area contributed by atoms with E-state index in [1.807, 2.05) is 55.5 Å². The number of fused-ring (bicyclic) bond motifs is 1. The van der Waals surface area contributed by atoms with Gasteiger partial charge in [0.2, 0.25) is 0 Å². The minimum Gasteiger partial charge on any atom is -0.492 e. The van der Waals surface area contributed by atoms with Crippen LogP contribution in [-0.4, -0.2) is 26.4 Å². The first kappa shape index (κ1) is 16.4. The molecule has 0 saturated heterocycles.